The molecule has 3 aliphatic carbocycles. The lowest BCUT2D eigenvalue weighted by atomic mass is 9.76. The van der Waals surface area contributed by atoms with Crippen LogP contribution in [0, 0.1) is 0 Å². The molecule has 0 saturated carbocycles. The number of hydrogen-bond acceptors (Lipinski definition) is 4. The van der Waals surface area contributed by atoms with E-state index in [2.05, 4.69) is 24.3 Å². The molecule has 0 fully saturated rings. The minimum atomic E-state index is 0.364. The summed E-state index contributed by atoms with van der Waals surface area (Å²) in [7, 11) is 6.78. The highest BCUT2D eigenvalue weighted by molar-refractivity contribution is 5.58. The van der Waals surface area contributed by atoms with Crippen molar-refractivity contribution in [1.29, 1.82) is 0 Å². The van der Waals surface area contributed by atoms with Crippen molar-refractivity contribution in [3.63, 3.8) is 0 Å². The van der Waals surface area contributed by atoms with Gasteiger partial charge in [-0.15, -0.1) is 0 Å². The molecule has 2 aromatic carbocycles. The van der Waals surface area contributed by atoms with E-state index in [1.807, 2.05) is 0 Å². The van der Waals surface area contributed by atoms with Crippen LogP contribution in [0.4, 0.5) is 0 Å². The Morgan fingerprint density at radius 1 is 0.640 bits per heavy atom. The molecule has 132 valence electrons. The first-order valence-corrected chi connectivity index (χ1v) is 8.70. The van der Waals surface area contributed by atoms with Gasteiger partial charge < -0.3 is 18.9 Å². The van der Waals surface area contributed by atoms with Gasteiger partial charge in [0, 0.05) is 5.92 Å². The van der Waals surface area contributed by atoms with E-state index in [1.54, 1.807) is 28.4 Å². The minimum absolute atomic E-state index is 0.364. The first-order chi connectivity index (χ1) is 12.2. The predicted molar refractivity (Wildman–Crippen MR) is 96.6 cm³/mol. The SMILES string of the molecule is COc1cc2c(cc1OC)C1CCC(C2)c2cc(OC)c(OC)cc21. The molecule has 5 rings (SSSR count). The standard InChI is InChI=1S/C21H24O4/c1-22-18-8-13-7-12-5-6-14(16(13)10-19(18)23-2)17-11-21(25-4)20(24-3)9-15(12)17/h8-12,14H,5-7H2,1-4H3. The molecule has 0 heterocycles. The molecule has 4 heteroatoms. The third-order valence-electron chi connectivity index (χ3n) is 5.70. The van der Waals surface area contributed by atoms with Crippen LogP contribution in [0.25, 0.3) is 0 Å². The van der Waals surface area contributed by atoms with E-state index in [4.69, 9.17) is 18.9 Å². The molecule has 4 nitrogen and oxygen atoms in total. The lowest BCUT2D eigenvalue weighted by molar-refractivity contribution is 0.352. The highest BCUT2D eigenvalue weighted by atomic mass is 16.5. The van der Waals surface area contributed by atoms with Gasteiger partial charge >= 0.3 is 0 Å². The molecule has 0 spiro atoms. The first kappa shape index (κ1) is 16.1. The van der Waals surface area contributed by atoms with Gasteiger partial charge in [-0.3, -0.25) is 0 Å². The maximum atomic E-state index is 5.55. The van der Waals surface area contributed by atoms with Gasteiger partial charge in [0.15, 0.2) is 23.0 Å². The van der Waals surface area contributed by atoms with Crippen LogP contribution in [0.3, 0.4) is 0 Å². The number of benzene rings is 2. The van der Waals surface area contributed by atoms with Crippen molar-refractivity contribution in [3.05, 3.63) is 46.5 Å². The van der Waals surface area contributed by atoms with E-state index in [0.29, 0.717) is 11.8 Å². The zero-order valence-corrected chi connectivity index (χ0v) is 15.2. The number of rotatable bonds is 4. The molecular weight excluding hydrogens is 316 g/mol. The van der Waals surface area contributed by atoms with Crippen molar-refractivity contribution in [3.8, 4) is 23.0 Å². The third-order valence-corrected chi connectivity index (χ3v) is 5.70. The van der Waals surface area contributed by atoms with Crippen LogP contribution in [0.15, 0.2) is 24.3 Å². The van der Waals surface area contributed by atoms with Crippen molar-refractivity contribution >= 4 is 0 Å². The maximum absolute atomic E-state index is 5.55. The monoisotopic (exact) mass is 340 g/mol. The summed E-state index contributed by atoms with van der Waals surface area (Å²) in [5.41, 5.74) is 5.47. The molecule has 0 saturated heterocycles. The van der Waals surface area contributed by atoms with Gasteiger partial charge in [-0.2, -0.15) is 0 Å². The smallest absolute Gasteiger partial charge is 0.161 e. The molecule has 3 aliphatic rings. The third kappa shape index (κ3) is 2.43. The highest BCUT2D eigenvalue weighted by Gasteiger charge is 2.36. The van der Waals surface area contributed by atoms with Crippen LogP contribution < -0.4 is 18.9 Å². The molecule has 0 aromatic heterocycles. The Morgan fingerprint density at radius 3 is 1.76 bits per heavy atom. The largest absolute Gasteiger partial charge is 0.493 e. The van der Waals surface area contributed by atoms with E-state index in [1.165, 1.54) is 28.7 Å². The van der Waals surface area contributed by atoms with Gasteiger partial charge in [-0.1, -0.05) is 0 Å². The van der Waals surface area contributed by atoms with Crippen LogP contribution in [0.5, 0.6) is 23.0 Å². The summed E-state index contributed by atoms with van der Waals surface area (Å²) in [6.07, 6.45) is 3.36. The molecule has 0 N–H and O–H groups in total. The van der Waals surface area contributed by atoms with Gasteiger partial charge in [-0.05, 0) is 71.7 Å². The molecule has 2 atom stereocenters. The van der Waals surface area contributed by atoms with E-state index in [-0.39, 0.29) is 0 Å². The van der Waals surface area contributed by atoms with Crippen LogP contribution in [0.2, 0.25) is 0 Å². The Labute approximate surface area is 148 Å². The molecule has 2 aromatic rings. The summed E-state index contributed by atoms with van der Waals surface area (Å²) in [6, 6.07) is 8.65. The van der Waals surface area contributed by atoms with Crippen molar-refractivity contribution < 1.29 is 18.9 Å². The normalized spacial score (nSPS) is 20.3. The Hall–Kier alpha value is -2.36. The van der Waals surface area contributed by atoms with E-state index in [9.17, 15) is 0 Å². The van der Waals surface area contributed by atoms with Crippen LogP contribution in [-0.2, 0) is 6.42 Å². The fourth-order valence-corrected chi connectivity index (χ4v) is 4.48. The summed E-state index contributed by atoms with van der Waals surface area (Å²) in [4.78, 5) is 0. The summed E-state index contributed by atoms with van der Waals surface area (Å²) >= 11 is 0. The second kappa shape index (κ2) is 6.17. The highest BCUT2D eigenvalue weighted by Crippen LogP contribution is 2.52. The molecule has 2 bridgehead atoms. The van der Waals surface area contributed by atoms with Crippen LogP contribution >= 0.6 is 0 Å². The van der Waals surface area contributed by atoms with Crippen molar-refractivity contribution in [2.75, 3.05) is 28.4 Å². The fourth-order valence-electron chi connectivity index (χ4n) is 4.48. The Morgan fingerprint density at radius 2 is 1.16 bits per heavy atom. The molecule has 2 unspecified atom stereocenters. The quantitative estimate of drug-likeness (QED) is 0.832. The summed E-state index contributed by atoms with van der Waals surface area (Å²) in [6.45, 7) is 0. The number of ether oxygens (including phenoxy) is 4. The number of methoxy groups -OCH3 is 4. The van der Waals surface area contributed by atoms with E-state index in [0.717, 1.165) is 35.8 Å². The average molecular weight is 340 g/mol. The average Bonchev–Trinajstić information content (AvgIpc) is 2.91. The lowest BCUT2D eigenvalue weighted by Gasteiger charge is -2.29. The summed E-state index contributed by atoms with van der Waals surface area (Å²) < 4.78 is 22.2. The minimum Gasteiger partial charge on any atom is -0.493 e. The first-order valence-electron chi connectivity index (χ1n) is 8.70. The molecule has 25 heavy (non-hydrogen) atoms. The summed E-state index contributed by atoms with van der Waals surface area (Å²) in [5.74, 6) is 4.09. The van der Waals surface area contributed by atoms with E-state index < -0.39 is 0 Å². The van der Waals surface area contributed by atoms with Gasteiger partial charge in [0.05, 0.1) is 28.4 Å². The number of hydrogen-bond donors (Lipinski definition) is 0. The zero-order chi connectivity index (χ0) is 17.6. The summed E-state index contributed by atoms with van der Waals surface area (Å²) in [5, 5.41) is 0. The predicted octanol–water partition coefficient (Wildman–Crippen LogP) is 4.29. The Bertz CT molecular complexity index is 812. The van der Waals surface area contributed by atoms with E-state index >= 15 is 0 Å². The molecular formula is C21H24O4. The van der Waals surface area contributed by atoms with Gasteiger partial charge in [0.25, 0.3) is 0 Å². The second-order valence-electron chi connectivity index (χ2n) is 6.77. The zero-order valence-electron chi connectivity index (χ0n) is 15.2. The van der Waals surface area contributed by atoms with Gasteiger partial charge in [-0.25, -0.2) is 0 Å². The second-order valence-corrected chi connectivity index (χ2v) is 6.77. The molecule has 0 radical (unpaired) electrons. The van der Waals surface area contributed by atoms with Gasteiger partial charge in [0.2, 0.25) is 0 Å². The number of fused-ring (bicyclic) bond motifs is 1. The maximum Gasteiger partial charge on any atom is 0.161 e. The topological polar surface area (TPSA) is 36.9 Å². The fraction of sp³-hybridized carbons (Fsp3) is 0.429. The van der Waals surface area contributed by atoms with Crippen molar-refractivity contribution in [2.24, 2.45) is 0 Å². The molecule has 0 aliphatic heterocycles. The van der Waals surface area contributed by atoms with Crippen molar-refractivity contribution in [2.45, 2.75) is 31.1 Å². The van der Waals surface area contributed by atoms with Crippen LogP contribution in [-0.4, -0.2) is 28.4 Å². The lowest BCUT2D eigenvalue weighted by Crippen LogP contribution is -2.13. The Kier molecular flexibility index (Phi) is 3.98. The van der Waals surface area contributed by atoms with Crippen LogP contribution in [0.1, 0.15) is 46.9 Å². The van der Waals surface area contributed by atoms with Crippen molar-refractivity contribution in [1.82, 2.24) is 0 Å². The van der Waals surface area contributed by atoms with Gasteiger partial charge in [0.1, 0.15) is 0 Å². The molecule has 0 amide bonds. The Balaban J connectivity index is 1.91.